The Bertz CT molecular complexity index is 536. The standard InChI is InChI=1S/C17H20O2/c1-12(2)13-4-6-14(7-5-13)17(3,19)15-8-10-16(18)11-9-15/h4-12,18-19H,1-3H3. The Kier molecular flexibility index (Phi) is 3.63. The fraction of sp³-hybridized carbons (Fsp3) is 0.294. The molecule has 1 atom stereocenters. The van der Waals surface area contributed by atoms with Crippen LogP contribution in [0.25, 0.3) is 0 Å². The molecular weight excluding hydrogens is 236 g/mol. The first-order valence-corrected chi connectivity index (χ1v) is 6.53. The van der Waals surface area contributed by atoms with Crippen LogP contribution < -0.4 is 0 Å². The van der Waals surface area contributed by atoms with E-state index in [1.165, 1.54) is 5.56 Å². The van der Waals surface area contributed by atoms with Gasteiger partial charge in [0.05, 0.1) is 0 Å². The molecular formula is C17H20O2. The van der Waals surface area contributed by atoms with Crippen LogP contribution in [-0.2, 0) is 5.60 Å². The summed E-state index contributed by atoms with van der Waals surface area (Å²) in [7, 11) is 0. The molecule has 0 saturated heterocycles. The van der Waals surface area contributed by atoms with Gasteiger partial charge in [0.15, 0.2) is 0 Å². The Labute approximate surface area is 114 Å². The van der Waals surface area contributed by atoms with Crippen molar-refractivity contribution >= 4 is 0 Å². The third kappa shape index (κ3) is 2.79. The summed E-state index contributed by atoms with van der Waals surface area (Å²) in [5.74, 6) is 0.683. The Hall–Kier alpha value is -1.80. The van der Waals surface area contributed by atoms with Crippen molar-refractivity contribution in [2.75, 3.05) is 0 Å². The van der Waals surface area contributed by atoms with Gasteiger partial charge in [-0.15, -0.1) is 0 Å². The molecule has 100 valence electrons. The third-order valence-electron chi connectivity index (χ3n) is 3.57. The number of rotatable bonds is 3. The highest BCUT2D eigenvalue weighted by Crippen LogP contribution is 2.30. The number of hydrogen-bond acceptors (Lipinski definition) is 2. The van der Waals surface area contributed by atoms with Gasteiger partial charge in [0, 0.05) is 0 Å². The number of phenolic OH excluding ortho intramolecular Hbond substituents is 1. The topological polar surface area (TPSA) is 40.5 Å². The van der Waals surface area contributed by atoms with Crippen molar-refractivity contribution < 1.29 is 10.2 Å². The molecule has 0 fully saturated rings. The molecule has 0 aliphatic rings. The van der Waals surface area contributed by atoms with Gasteiger partial charge in [-0.2, -0.15) is 0 Å². The molecule has 2 aromatic rings. The molecule has 2 heteroatoms. The largest absolute Gasteiger partial charge is 0.508 e. The van der Waals surface area contributed by atoms with E-state index in [1.807, 2.05) is 12.1 Å². The van der Waals surface area contributed by atoms with Crippen molar-refractivity contribution in [2.24, 2.45) is 0 Å². The maximum atomic E-state index is 10.7. The van der Waals surface area contributed by atoms with Crippen molar-refractivity contribution in [3.8, 4) is 5.75 Å². The van der Waals surface area contributed by atoms with E-state index in [-0.39, 0.29) is 5.75 Å². The van der Waals surface area contributed by atoms with E-state index in [4.69, 9.17) is 0 Å². The van der Waals surface area contributed by atoms with Crippen molar-refractivity contribution in [3.63, 3.8) is 0 Å². The second kappa shape index (κ2) is 5.06. The molecule has 0 saturated carbocycles. The van der Waals surface area contributed by atoms with E-state index in [1.54, 1.807) is 31.2 Å². The van der Waals surface area contributed by atoms with Crippen molar-refractivity contribution in [2.45, 2.75) is 32.3 Å². The van der Waals surface area contributed by atoms with Gasteiger partial charge in [-0.05, 0) is 41.7 Å². The normalized spacial score (nSPS) is 14.4. The van der Waals surface area contributed by atoms with E-state index >= 15 is 0 Å². The van der Waals surface area contributed by atoms with Crippen LogP contribution in [0.1, 0.15) is 43.4 Å². The van der Waals surface area contributed by atoms with Crippen LogP contribution in [0.3, 0.4) is 0 Å². The summed E-state index contributed by atoms with van der Waals surface area (Å²) in [6.45, 7) is 6.06. The van der Waals surface area contributed by atoms with Crippen molar-refractivity contribution in [1.82, 2.24) is 0 Å². The van der Waals surface area contributed by atoms with Gasteiger partial charge in [-0.3, -0.25) is 0 Å². The Balaban J connectivity index is 2.35. The summed E-state index contributed by atoms with van der Waals surface area (Å²) < 4.78 is 0. The summed E-state index contributed by atoms with van der Waals surface area (Å²) in [4.78, 5) is 0. The molecule has 2 rings (SSSR count). The first-order chi connectivity index (χ1) is 8.91. The minimum Gasteiger partial charge on any atom is -0.508 e. The van der Waals surface area contributed by atoms with Gasteiger partial charge in [-0.1, -0.05) is 50.2 Å². The first-order valence-electron chi connectivity index (χ1n) is 6.53. The number of hydrogen-bond donors (Lipinski definition) is 2. The van der Waals surface area contributed by atoms with E-state index in [9.17, 15) is 10.2 Å². The van der Waals surface area contributed by atoms with Gasteiger partial charge >= 0.3 is 0 Å². The van der Waals surface area contributed by atoms with Gasteiger partial charge in [-0.25, -0.2) is 0 Å². The molecule has 19 heavy (non-hydrogen) atoms. The van der Waals surface area contributed by atoms with Crippen LogP contribution in [-0.4, -0.2) is 10.2 Å². The summed E-state index contributed by atoms with van der Waals surface area (Å²) in [6, 6.07) is 14.7. The molecule has 2 aromatic carbocycles. The summed E-state index contributed by atoms with van der Waals surface area (Å²) in [5.41, 5.74) is 1.82. The zero-order chi connectivity index (χ0) is 14.0. The fourth-order valence-corrected chi connectivity index (χ4v) is 2.15. The molecule has 0 aromatic heterocycles. The average molecular weight is 256 g/mol. The second-order valence-electron chi connectivity index (χ2n) is 5.40. The molecule has 1 unspecified atom stereocenters. The smallest absolute Gasteiger partial charge is 0.115 e. The number of benzene rings is 2. The van der Waals surface area contributed by atoms with Crippen LogP contribution >= 0.6 is 0 Å². The molecule has 0 heterocycles. The van der Waals surface area contributed by atoms with Crippen LogP contribution in [0.4, 0.5) is 0 Å². The number of phenols is 1. The maximum Gasteiger partial charge on any atom is 0.115 e. The predicted molar refractivity (Wildman–Crippen MR) is 77.3 cm³/mol. The summed E-state index contributed by atoms with van der Waals surface area (Å²) in [5, 5.41) is 20.0. The Morgan fingerprint density at radius 3 is 1.68 bits per heavy atom. The van der Waals surface area contributed by atoms with E-state index in [0.717, 1.165) is 11.1 Å². The molecule has 2 N–H and O–H groups in total. The monoisotopic (exact) mass is 256 g/mol. The Morgan fingerprint density at radius 2 is 1.26 bits per heavy atom. The van der Waals surface area contributed by atoms with Crippen molar-refractivity contribution in [3.05, 3.63) is 65.2 Å². The maximum absolute atomic E-state index is 10.7. The van der Waals surface area contributed by atoms with Gasteiger partial charge < -0.3 is 10.2 Å². The summed E-state index contributed by atoms with van der Waals surface area (Å²) >= 11 is 0. The van der Waals surface area contributed by atoms with E-state index in [2.05, 4.69) is 26.0 Å². The molecule has 0 aliphatic heterocycles. The van der Waals surface area contributed by atoms with Gasteiger partial charge in [0.1, 0.15) is 11.4 Å². The third-order valence-corrected chi connectivity index (χ3v) is 3.57. The molecule has 0 aliphatic carbocycles. The van der Waals surface area contributed by atoms with E-state index < -0.39 is 5.60 Å². The van der Waals surface area contributed by atoms with Crippen molar-refractivity contribution in [1.29, 1.82) is 0 Å². The van der Waals surface area contributed by atoms with Crippen LogP contribution in [0.2, 0.25) is 0 Å². The lowest BCUT2D eigenvalue weighted by Gasteiger charge is -2.25. The number of aliphatic hydroxyl groups is 1. The fourth-order valence-electron chi connectivity index (χ4n) is 2.15. The lowest BCUT2D eigenvalue weighted by Crippen LogP contribution is -2.22. The highest BCUT2D eigenvalue weighted by Gasteiger charge is 2.25. The predicted octanol–water partition coefficient (Wildman–Crippen LogP) is 3.77. The highest BCUT2D eigenvalue weighted by atomic mass is 16.3. The lowest BCUT2D eigenvalue weighted by molar-refractivity contribution is 0.102. The van der Waals surface area contributed by atoms with Gasteiger partial charge in [0.2, 0.25) is 0 Å². The van der Waals surface area contributed by atoms with Gasteiger partial charge in [0.25, 0.3) is 0 Å². The second-order valence-corrected chi connectivity index (χ2v) is 5.40. The minimum absolute atomic E-state index is 0.203. The zero-order valence-corrected chi connectivity index (χ0v) is 11.6. The molecule has 2 nitrogen and oxygen atoms in total. The summed E-state index contributed by atoms with van der Waals surface area (Å²) in [6.07, 6.45) is 0. The molecule has 0 amide bonds. The molecule has 0 spiro atoms. The minimum atomic E-state index is -1.05. The lowest BCUT2D eigenvalue weighted by atomic mass is 9.87. The average Bonchev–Trinajstić information content (AvgIpc) is 2.39. The van der Waals surface area contributed by atoms with Crippen LogP contribution in [0.5, 0.6) is 5.75 Å². The zero-order valence-electron chi connectivity index (χ0n) is 11.6. The quantitative estimate of drug-likeness (QED) is 0.877. The Morgan fingerprint density at radius 1 is 0.842 bits per heavy atom. The number of aromatic hydroxyl groups is 1. The SMILES string of the molecule is CC(C)c1ccc(C(C)(O)c2ccc(O)cc2)cc1. The first kappa shape index (κ1) is 13.6. The molecule has 0 radical (unpaired) electrons. The highest BCUT2D eigenvalue weighted by molar-refractivity contribution is 5.39. The van der Waals surface area contributed by atoms with Crippen LogP contribution in [0.15, 0.2) is 48.5 Å². The van der Waals surface area contributed by atoms with Crippen LogP contribution in [0, 0.1) is 0 Å². The van der Waals surface area contributed by atoms with E-state index in [0.29, 0.717) is 5.92 Å². The molecule has 0 bridgehead atoms.